The minimum absolute atomic E-state index is 0.574. The van der Waals surface area contributed by atoms with Crippen molar-refractivity contribution in [3.63, 3.8) is 0 Å². The van der Waals surface area contributed by atoms with E-state index in [0.717, 1.165) is 49.0 Å². The Morgan fingerprint density at radius 3 is 3.04 bits per heavy atom. The molecule has 0 spiro atoms. The van der Waals surface area contributed by atoms with Crippen LogP contribution in [0.5, 0.6) is 0 Å². The summed E-state index contributed by atoms with van der Waals surface area (Å²) in [5.74, 6) is 2.18. The summed E-state index contributed by atoms with van der Waals surface area (Å²) in [5, 5.41) is 8.63. The van der Waals surface area contributed by atoms with Crippen LogP contribution in [0.2, 0.25) is 5.02 Å². The first-order valence-electron chi connectivity index (χ1n) is 9.08. The number of hydrogen-bond acceptors (Lipinski definition) is 5. The number of rotatable bonds is 5. The monoisotopic (exact) mass is 370 g/mol. The second kappa shape index (κ2) is 7.11. The Morgan fingerprint density at radius 2 is 2.19 bits per heavy atom. The van der Waals surface area contributed by atoms with E-state index in [9.17, 15) is 0 Å². The fraction of sp³-hybridized carbons (Fsp3) is 0.421. The lowest BCUT2D eigenvalue weighted by Gasteiger charge is -2.21. The largest absolute Gasteiger partial charge is 0.371 e. The number of anilines is 2. The van der Waals surface area contributed by atoms with Crippen molar-refractivity contribution in [2.45, 2.75) is 26.7 Å². The zero-order valence-corrected chi connectivity index (χ0v) is 15.9. The molecule has 1 saturated heterocycles. The summed E-state index contributed by atoms with van der Waals surface area (Å²) in [5.41, 5.74) is 3.54. The molecule has 136 valence electrons. The third kappa shape index (κ3) is 3.33. The molecule has 3 heterocycles. The highest BCUT2D eigenvalue weighted by atomic mass is 35.5. The molecule has 3 aromatic rings. The summed E-state index contributed by atoms with van der Waals surface area (Å²) in [7, 11) is 0. The molecule has 7 heteroatoms. The van der Waals surface area contributed by atoms with Crippen molar-refractivity contribution in [2.75, 3.05) is 29.9 Å². The van der Waals surface area contributed by atoms with Crippen LogP contribution in [0, 0.1) is 12.8 Å². The Balaban J connectivity index is 1.45. The maximum Gasteiger partial charge on any atom is 0.254 e. The maximum atomic E-state index is 6.19. The maximum absolute atomic E-state index is 6.19. The molecule has 1 N–H and O–H groups in total. The second-order valence-corrected chi connectivity index (χ2v) is 7.31. The minimum Gasteiger partial charge on any atom is -0.371 e. The number of aryl methyl sites for hydroxylation is 2. The van der Waals surface area contributed by atoms with E-state index in [1.807, 2.05) is 6.07 Å². The number of nitrogens with zero attached hydrogens (tertiary/aromatic N) is 5. The topological polar surface area (TPSA) is 58.4 Å². The van der Waals surface area contributed by atoms with Gasteiger partial charge in [-0.2, -0.15) is 14.6 Å². The zero-order valence-electron chi connectivity index (χ0n) is 15.1. The van der Waals surface area contributed by atoms with E-state index in [1.54, 1.807) is 10.8 Å². The number of hydrogen-bond donors (Lipinski definition) is 1. The Bertz CT molecular complexity index is 922. The van der Waals surface area contributed by atoms with Gasteiger partial charge >= 0.3 is 0 Å². The first-order chi connectivity index (χ1) is 12.6. The SMILES string of the molecule is CCc1cc(NCC2CCN(c3cc(Cl)ccc3C)C2)n2ncnc2n1. The third-order valence-corrected chi connectivity index (χ3v) is 5.27. The molecule has 0 radical (unpaired) electrons. The number of halogens is 1. The van der Waals surface area contributed by atoms with E-state index >= 15 is 0 Å². The number of aromatic nitrogens is 4. The predicted octanol–water partition coefficient (Wildman–Crippen LogP) is 3.59. The van der Waals surface area contributed by atoms with Gasteiger partial charge in [0.1, 0.15) is 12.1 Å². The number of fused-ring (bicyclic) bond motifs is 1. The first-order valence-corrected chi connectivity index (χ1v) is 9.46. The third-order valence-electron chi connectivity index (χ3n) is 5.04. The van der Waals surface area contributed by atoms with Gasteiger partial charge in [-0.25, -0.2) is 4.98 Å². The van der Waals surface area contributed by atoms with Crippen molar-refractivity contribution in [1.29, 1.82) is 0 Å². The summed E-state index contributed by atoms with van der Waals surface area (Å²) >= 11 is 6.19. The van der Waals surface area contributed by atoms with Crippen LogP contribution in [0.25, 0.3) is 5.78 Å². The van der Waals surface area contributed by atoms with Gasteiger partial charge in [0.25, 0.3) is 5.78 Å². The van der Waals surface area contributed by atoms with E-state index in [0.29, 0.717) is 11.7 Å². The molecule has 2 aromatic heterocycles. The fourth-order valence-electron chi connectivity index (χ4n) is 3.56. The molecule has 1 fully saturated rings. The van der Waals surface area contributed by atoms with Crippen molar-refractivity contribution in [1.82, 2.24) is 19.6 Å². The lowest BCUT2D eigenvalue weighted by molar-refractivity contribution is 0.619. The molecule has 1 aromatic carbocycles. The van der Waals surface area contributed by atoms with Gasteiger partial charge in [-0.05, 0) is 43.4 Å². The Hall–Kier alpha value is -2.34. The van der Waals surface area contributed by atoms with Gasteiger partial charge in [0.15, 0.2) is 0 Å². The van der Waals surface area contributed by atoms with E-state index in [4.69, 9.17) is 11.6 Å². The van der Waals surface area contributed by atoms with Crippen molar-refractivity contribution in [2.24, 2.45) is 5.92 Å². The summed E-state index contributed by atoms with van der Waals surface area (Å²) in [6, 6.07) is 8.18. The van der Waals surface area contributed by atoms with Crippen molar-refractivity contribution in [3.05, 3.63) is 46.9 Å². The molecule has 1 atom stereocenters. The fourth-order valence-corrected chi connectivity index (χ4v) is 3.72. The highest BCUT2D eigenvalue weighted by Gasteiger charge is 2.24. The highest BCUT2D eigenvalue weighted by Crippen LogP contribution is 2.29. The van der Waals surface area contributed by atoms with E-state index in [2.05, 4.69) is 57.3 Å². The van der Waals surface area contributed by atoms with Gasteiger partial charge in [-0.15, -0.1) is 0 Å². The molecule has 1 aliphatic rings. The van der Waals surface area contributed by atoms with Crippen LogP contribution in [0.15, 0.2) is 30.6 Å². The summed E-state index contributed by atoms with van der Waals surface area (Å²) in [6.45, 7) is 7.23. The van der Waals surface area contributed by atoms with Gasteiger partial charge in [-0.1, -0.05) is 24.6 Å². The molecule has 1 aliphatic heterocycles. The van der Waals surface area contributed by atoms with Crippen LogP contribution in [-0.2, 0) is 6.42 Å². The molecular weight excluding hydrogens is 348 g/mol. The highest BCUT2D eigenvalue weighted by molar-refractivity contribution is 6.30. The average Bonchev–Trinajstić information content (AvgIpc) is 3.30. The van der Waals surface area contributed by atoms with Crippen LogP contribution < -0.4 is 10.2 Å². The molecule has 0 amide bonds. The molecule has 4 rings (SSSR count). The van der Waals surface area contributed by atoms with Gasteiger partial charge in [0, 0.05) is 42.1 Å². The lowest BCUT2D eigenvalue weighted by atomic mass is 10.1. The average molecular weight is 371 g/mol. The molecule has 6 nitrogen and oxygen atoms in total. The zero-order chi connectivity index (χ0) is 18.1. The van der Waals surface area contributed by atoms with Crippen LogP contribution in [0.4, 0.5) is 11.5 Å². The van der Waals surface area contributed by atoms with Crippen LogP contribution in [0.1, 0.15) is 24.6 Å². The van der Waals surface area contributed by atoms with Crippen LogP contribution in [0.3, 0.4) is 0 Å². The van der Waals surface area contributed by atoms with Gasteiger partial charge < -0.3 is 10.2 Å². The minimum atomic E-state index is 0.574. The Labute approximate surface area is 158 Å². The van der Waals surface area contributed by atoms with E-state index < -0.39 is 0 Å². The summed E-state index contributed by atoms with van der Waals surface area (Å²) < 4.78 is 1.77. The molecule has 0 aliphatic carbocycles. The van der Waals surface area contributed by atoms with Gasteiger partial charge in [-0.3, -0.25) is 0 Å². The normalized spacial score (nSPS) is 17.2. The van der Waals surface area contributed by atoms with Crippen molar-refractivity contribution in [3.8, 4) is 0 Å². The van der Waals surface area contributed by atoms with E-state index in [-0.39, 0.29) is 0 Å². The number of benzene rings is 1. The van der Waals surface area contributed by atoms with Crippen LogP contribution in [-0.4, -0.2) is 39.2 Å². The van der Waals surface area contributed by atoms with Crippen LogP contribution >= 0.6 is 11.6 Å². The van der Waals surface area contributed by atoms with E-state index in [1.165, 1.54) is 11.3 Å². The quantitative estimate of drug-likeness (QED) is 0.743. The Kier molecular flexibility index (Phi) is 4.68. The van der Waals surface area contributed by atoms with Gasteiger partial charge in [0.2, 0.25) is 0 Å². The summed E-state index contributed by atoms with van der Waals surface area (Å²) in [6.07, 6.45) is 3.58. The summed E-state index contributed by atoms with van der Waals surface area (Å²) in [4.78, 5) is 11.1. The molecule has 26 heavy (non-hydrogen) atoms. The standard InChI is InChI=1S/C19H23ClN6/c1-3-16-9-18(26-19(24-16)22-12-23-26)21-10-14-6-7-25(11-14)17-8-15(20)5-4-13(17)2/h4-5,8-9,12,14,21H,3,6-7,10-11H2,1-2H3. The number of nitrogens with one attached hydrogen (secondary N) is 1. The second-order valence-electron chi connectivity index (χ2n) is 6.87. The smallest absolute Gasteiger partial charge is 0.254 e. The van der Waals surface area contributed by atoms with Crippen molar-refractivity contribution < 1.29 is 0 Å². The first kappa shape index (κ1) is 17.1. The molecular formula is C19H23ClN6. The Morgan fingerprint density at radius 1 is 1.31 bits per heavy atom. The lowest BCUT2D eigenvalue weighted by Crippen LogP contribution is -2.23. The predicted molar refractivity (Wildman–Crippen MR) is 105 cm³/mol. The molecule has 0 bridgehead atoms. The molecule has 1 unspecified atom stereocenters. The molecule has 0 saturated carbocycles. The van der Waals surface area contributed by atoms with Gasteiger partial charge in [0.05, 0.1) is 0 Å². The van der Waals surface area contributed by atoms with Crippen molar-refractivity contribution >= 4 is 28.9 Å².